The number of benzene rings is 2. The predicted octanol–water partition coefficient (Wildman–Crippen LogP) is 2.49. The van der Waals surface area contributed by atoms with Crippen molar-refractivity contribution in [1.82, 2.24) is 4.72 Å². The molecule has 0 aliphatic carbocycles. The molecule has 2 rings (SSSR count). The Morgan fingerprint density at radius 1 is 1.00 bits per heavy atom. The minimum Gasteiger partial charge on any atom is -0.289 e. The van der Waals surface area contributed by atoms with Crippen molar-refractivity contribution in [3.63, 3.8) is 0 Å². The van der Waals surface area contributed by atoms with E-state index in [1.807, 2.05) is 30.3 Å². The molecule has 2 aromatic rings. The van der Waals surface area contributed by atoms with Crippen molar-refractivity contribution in [1.29, 1.82) is 0 Å². The molecule has 0 bridgehead atoms. The number of nitrogens with one attached hydrogen (secondary N) is 1. The topological polar surface area (TPSA) is 63.2 Å². The van der Waals surface area contributed by atoms with E-state index in [1.165, 1.54) is 37.4 Å². The molecule has 1 N–H and O–H groups in total. The van der Waals surface area contributed by atoms with Crippen molar-refractivity contribution >= 4 is 21.9 Å². The number of hydrogen-bond acceptors (Lipinski definition) is 3. The summed E-state index contributed by atoms with van der Waals surface area (Å²) >= 11 is 0. The molecule has 21 heavy (non-hydrogen) atoms. The normalized spacial score (nSPS) is 11.7. The fraction of sp³-hybridized carbons (Fsp3) is 0.0625. The van der Waals surface area contributed by atoms with Gasteiger partial charge >= 0.3 is 0 Å². The first kappa shape index (κ1) is 15.2. The Morgan fingerprint density at radius 2 is 1.62 bits per heavy atom. The zero-order chi connectivity index (χ0) is 15.3. The standard InChI is InChI=1S/C16H15NO3S/c1-17-21(19,20)15-10-8-14(9-11-15)16(18)12-7-13-5-3-2-4-6-13/h2-12,17H,1H3/b12-7+. The fourth-order valence-corrected chi connectivity index (χ4v) is 2.48. The van der Waals surface area contributed by atoms with Crippen molar-refractivity contribution in [3.05, 3.63) is 71.8 Å². The number of ketones is 1. The van der Waals surface area contributed by atoms with Gasteiger partial charge in [-0.25, -0.2) is 13.1 Å². The van der Waals surface area contributed by atoms with Crippen LogP contribution in [0.1, 0.15) is 15.9 Å². The van der Waals surface area contributed by atoms with Crippen molar-refractivity contribution in [2.24, 2.45) is 0 Å². The number of hydrogen-bond donors (Lipinski definition) is 1. The molecule has 0 fully saturated rings. The molecule has 0 radical (unpaired) electrons. The Bertz CT molecular complexity index is 748. The molecule has 0 aromatic heterocycles. The molecule has 0 spiro atoms. The van der Waals surface area contributed by atoms with E-state index in [4.69, 9.17) is 0 Å². The minimum atomic E-state index is -3.48. The summed E-state index contributed by atoms with van der Waals surface area (Å²) in [7, 11) is -2.13. The highest BCUT2D eigenvalue weighted by Gasteiger charge is 2.11. The van der Waals surface area contributed by atoms with Gasteiger partial charge in [-0.05, 0) is 43.0 Å². The monoisotopic (exact) mass is 301 g/mol. The first-order valence-electron chi connectivity index (χ1n) is 6.34. The van der Waals surface area contributed by atoms with Gasteiger partial charge in [-0.15, -0.1) is 0 Å². The lowest BCUT2D eigenvalue weighted by molar-refractivity contribution is 0.104. The fourth-order valence-electron chi connectivity index (χ4n) is 1.75. The number of sulfonamides is 1. The van der Waals surface area contributed by atoms with Crippen LogP contribution >= 0.6 is 0 Å². The highest BCUT2D eigenvalue weighted by atomic mass is 32.2. The van der Waals surface area contributed by atoms with Crippen molar-refractivity contribution in [2.75, 3.05) is 7.05 Å². The molecule has 0 heterocycles. The largest absolute Gasteiger partial charge is 0.289 e. The summed E-state index contributed by atoms with van der Waals surface area (Å²) in [6.07, 6.45) is 3.19. The number of allylic oxidation sites excluding steroid dienone is 1. The van der Waals surface area contributed by atoms with E-state index < -0.39 is 10.0 Å². The highest BCUT2D eigenvalue weighted by Crippen LogP contribution is 2.11. The van der Waals surface area contributed by atoms with Crippen LogP contribution in [0.4, 0.5) is 0 Å². The average Bonchev–Trinajstić information content (AvgIpc) is 2.53. The van der Waals surface area contributed by atoms with Crippen molar-refractivity contribution < 1.29 is 13.2 Å². The van der Waals surface area contributed by atoms with Crippen molar-refractivity contribution in [3.8, 4) is 0 Å². The lowest BCUT2D eigenvalue weighted by Crippen LogP contribution is -2.18. The molecule has 2 aromatic carbocycles. The minimum absolute atomic E-state index is 0.133. The summed E-state index contributed by atoms with van der Waals surface area (Å²) in [4.78, 5) is 12.1. The highest BCUT2D eigenvalue weighted by molar-refractivity contribution is 7.89. The van der Waals surface area contributed by atoms with Gasteiger partial charge in [0.05, 0.1) is 4.90 Å². The zero-order valence-corrected chi connectivity index (χ0v) is 12.3. The van der Waals surface area contributed by atoms with E-state index in [9.17, 15) is 13.2 Å². The summed E-state index contributed by atoms with van der Waals surface area (Å²) < 4.78 is 25.4. The van der Waals surface area contributed by atoms with Gasteiger partial charge in [0.2, 0.25) is 10.0 Å². The van der Waals surface area contributed by atoms with Crippen LogP contribution in [0.2, 0.25) is 0 Å². The molecule has 0 aliphatic rings. The molecular formula is C16H15NO3S. The van der Waals surface area contributed by atoms with Gasteiger partial charge in [0.1, 0.15) is 0 Å². The van der Waals surface area contributed by atoms with E-state index >= 15 is 0 Å². The third-order valence-corrected chi connectivity index (χ3v) is 4.37. The molecule has 4 nitrogen and oxygen atoms in total. The van der Waals surface area contributed by atoms with Crippen LogP contribution in [0, 0.1) is 0 Å². The van der Waals surface area contributed by atoms with Gasteiger partial charge in [-0.2, -0.15) is 0 Å². The van der Waals surface area contributed by atoms with Gasteiger partial charge < -0.3 is 0 Å². The van der Waals surface area contributed by atoms with E-state index in [1.54, 1.807) is 6.08 Å². The first-order valence-corrected chi connectivity index (χ1v) is 7.82. The van der Waals surface area contributed by atoms with Crippen LogP contribution < -0.4 is 4.72 Å². The van der Waals surface area contributed by atoms with Gasteiger partial charge in [-0.3, -0.25) is 4.79 Å². The van der Waals surface area contributed by atoms with Gasteiger partial charge in [0, 0.05) is 5.56 Å². The summed E-state index contributed by atoms with van der Waals surface area (Å²) in [5.41, 5.74) is 1.37. The molecule has 108 valence electrons. The Morgan fingerprint density at radius 3 is 2.19 bits per heavy atom. The second kappa shape index (κ2) is 6.47. The second-order valence-electron chi connectivity index (χ2n) is 4.34. The van der Waals surface area contributed by atoms with Gasteiger partial charge in [0.15, 0.2) is 5.78 Å². The zero-order valence-electron chi connectivity index (χ0n) is 11.5. The molecule has 0 aliphatic heterocycles. The molecule has 0 saturated heterocycles. The van der Waals surface area contributed by atoms with Crippen LogP contribution in [0.15, 0.2) is 65.6 Å². The molecule has 0 atom stereocenters. The predicted molar refractivity (Wildman–Crippen MR) is 82.5 cm³/mol. The Balaban J connectivity index is 2.16. The quantitative estimate of drug-likeness (QED) is 0.681. The Labute approximate surface area is 124 Å². The third kappa shape index (κ3) is 3.87. The van der Waals surface area contributed by atoms with E-state index in [-0.39, 0.29) is 10.7 Å². The molecular weight excluding hydrogens is 286 g/mol. The van der Waals surface area contributed by atoms with Crippen LogP contribution in [0.3, 0.4) is 0 Å². The SMILES string of the molecule is CNS(=O)(=O)c1ccc(C(=O)/C=C/c2ccccc2)cc1. The first-order chi connectivity index (χ1) is 10.0. The van der Waals surface area contributed by atoms with Gasteiger partial charge in [-0.1, -0.05) is 36.4 Å². The van der Waals surface area contributed by atoms with Gasteiger partial charge in [0.25, 0.3) is 0 Å². The Kier molecular flexibility index (Phi) is 4.67. The summed E-state index contributed by atoms with van der Waals surface area (Å²) in [5.74, 6) is -0.174. The smallest absolute Gasteiger partial charge is 0.240 e. The third-order valence-electron chi connectivity index (χ3n) is 2.94. The Hall–Kier alpha value is -2.24. The van der Waals surface area contributed by atoms with Crippen LogP contribution in [-0.4, -0.2) is 21.2 Å². The molecule has 0 amide bonds. The molecule has 0 unspecified atom stereocenters. The molecule has 5 heteroatoms. The maximum absolute atomic E-state index is 12.0. The molecule has 0 saturated carbocycles. The maximum Gasteiger partial charge on any atom is 0.240 e. The maximum atomic E-state index is 12.0. The van der Waals surface area contributed by atoms with E-state index in [2.05, 4.69) is 4.72 Å². The van der Waals surface area contributed by atoms with Crippen LogP contribution in [0.5, 0.6) is 0 Å². The lowest BCUT2D eigenvalue weighted by atomic mass is 10.1. The second-order valence-corrected chi connectivity index (χ2v) is 6.23. The number of rotatable bonds is 5. The average molecular weight is 301 g/mol. The number of carbonyl (C=O) groups is 1. The number of carbonyl (C=O) groups excluding carboxylic acids is 1. The van der Waals surface area contributed by atoms with Crippen LogP contribution in [0.25, 0.3) is 6.08 Å². The summed E-state index contributed by atoms with van der Waals surface area (Å²) in [6, 6.07) is 15.3. The van der Waals surface area contributed by atoms with Crippen molar-refractivity contribution in [2.45, 2.75) is 4.90 Å². The van der Waals surface area contributed by atoms with E-state index in [0.717, 1.165) is 5.56 Å². The van der Waals surface area contributed by atoms with E-state index in [0.29, 0.717) is 5.56 Å². The summed E-state index contributed by atoms with van der Waals surface area (Å²) in [5, 5.41) is 0. The van der Waals surface area contributed by atoms with Crippen LogP contribution in [-0.2, 0) is 10.0 Å². The lowest BCUT2D eigenvalue weighted by Gasteiger charge is -2.02. The summed E-state index contributed by atoms with van der Waals surface area (Å²) in [6.45, 7) is 0.